The topological polar surface area (TPSA) is 85.6 Å². The number of nitrogens with one attached hydrogen (secondary N) is 2. The second-order valence-electron chi connectivity index (χ2n) is 3.34. The first-order valence-electron chi connectivity index (χ1n) is 5.78. The van der Waals surface area contributed by atoms with E-state index in [1.54, 1.807) is 0 Å². The summed E-state index contributed by atoms with van der Waals surface area (Å²) in [5.74, 6) is 0. The average Bonchev–Trinajstić information content (AvgIpc) is 2.29. The normalized spacial score (nSPS) is 12.1. The van der Waals surface area contributed by atoms with E-state index in [1.165, 1.54) is 0 Å². The standard InChI is InChI=1S/C9H24N3O3P.Na.H/c1-2-3-4-9-14-16(13)15-12-8-7-11-6-5-10;;/h11-12,16H,2-10H2,1H3;;. The van der Waals surface area contributed by atoms with Crippen molar-refractivity contribution in [3.63, 3.8) is 0 Å². The van der Waals surface area contributed by atoms with E-state index in [0.29, 0.717) is 19.7 Å². The molecule has 0 aromatic heterocycles. The molecule has 1 atom stereocenters. The van der Waals surface area contributed by atoms with E-state index in [9.17, 15) is 4.57 Å². The molecule has 0 aliphatic heterocycles. The molecular formula is C9H25N3NaO3P. The van der Waals surface area contributed by atoms with Crippen LogP contribution in [-0.2, 0) is 13.7 Å². The van der Waals surface area contributed by atoms with Crippen molar-refractivity contribution in [1.82, 2.24) is 10.8 Å². The Hall–Kier alpha value is 1.03. The van der Waals surface area contributed by atoms with Crippen molar-refractivity contribution >= 4 is 37.8 Å². The molecule has 4 N–H and O–H groups in total. The fourth-order valence-electron chi connectivity index (χ4n) is 1.01. The number of unbranched alkanes of at least 4 members (excludes halogenated alkanes) is 2. The predicted molar refractivity (Wildman–Crippen MR) is 72.6 cm³/mol. The maximum absolute atomic E-state index is 11.1. The Labute approximate surface area is 127 Å². The fourth-order valence-corrected chi connectivity index (χ4v) is 1.60. The minimum absolute atomic E-state index is 0. The van der Waals surface area contributed by atoms with Gasteiger partial charge in [0, 0.05) is 26.2 Å². The van der Waals surface area contributed by atoms with Crippen LogP contribution in [0.2, 0.25) is 0 Å². The molecule has 0 fully saturated rings. The van der Waals surface area contributed by atoms with Gasteiger partial charge in [0.05, 0.1) is 6.61 Å². The monoisotopic (exact) mass is 277 g/mol. The summed E-state index contributed by atoms with van der Waals surface area (Å²) in [5, 5.41) is 3.07. The Kier molecular flexibility index (Phi) is 20.4. The minimum atomic E-state index is -2.38. The number of hydrogen-bond acceptors (Lipinski definition) is 6. The van der Waals surface area contributed by atoms with Crippen LogP contribution in [0.1, 0.15) is 26.2 Å². The van der Waals surface area contributed by atoms with E-state index in [2.05, 4.69) is 17.7 Å². The number of nitrogens with two attached hydrogens (primary N) is 1. The van der Waals surface area contributed by atoms with Crippen LogP contribution in [0.5, 0.6) is 0 Å². The summed E-state index contributed by atoms with van der Waals surface area (Å²) >= 11 is 0. The van der Waals surface area contributed by atoms with Crippen molar-refractivity contribution in [2.24, 2.45) is 5.73 Å². The molecule has 0 aliphatic carbocycles. The molecule has 0 spiro atoms. The van der Waals surface area contributed by atoms with Crippen LogP contribution >= 0.6 is 8.25 Å². The van der Waals surface area contributed by atoms with Gasteiger partial charge in [-0.25, -0.2) is 4.62 Å². The van der Waals surface area contributed by atoms with Crippen molar-refractivity contribution in [3.8, 4) is 0 Å². The Morgan fingerprint density at radius 2 is 2.00 bits per heavy atom. The quantitative estimate of drug-likeness (QED) is 0.201. The molecule has 0 saturated carbocycles. The van der Waals surface area contributed by atoms with Gasteiger partial charge in [0.2, 0.25) is 0 Å². The zero-order valence-corrected chi connectivity index (χ0v) is 11.0. The van der Waals surface area contributed by atoms with Crippen LogP contribution in [-0.4, -0.2) is 62.3 Å². The van der Waals surface area contributed by atoms with Crippen molar-refractivity contribution in [1.29, 1.82) is 0 Å². The van der Waals surface area contributed by atoms with E-state index >= 15 is 0 Å². The second-order valence-corrected chi connectivity index (χ2v) is 4.33. The zero-order chi connectivity index (χ0) is 12.1. The van der Waals surface area contributed by atoms with Gasteiger partial charge in [0.15, 0.2) is 0 Å². The van der Waals surface area contributed by atoms with Crippen LogP contribution < -0.4 is 16.5 Å². The first-order chi connectivity index (χ1) is 7.81. The summed E-state index contributed by atoms with van der Waals surface area (Å²) in [6, 6.07) is 0. The van der Waals surface area contributed by atoms with Crippen molar-refractivity contribution < 1.29 is 13.7 Å². The average molecular weight is 277 g/mol. The molecule has 0 bridgehead atoms. The number of rotatable bonds is 12. The maximum atomic E-state index is 11.1. The van der Waals surface area contributed by atoms with Gasteiger partial charge >= 0.3 is 37.8 Å². The molecule has 0 saturated heterocycles. The Morgan fingerprint density at radius 1 is 1.24 bits per heavy atom. The van der Waals surface area contributed by atoms with Gasteiger partial charge < -0.3 is 15.6 Å². The molecule has 0 aromatic rings. The SMILES string of the molecule is CCCCCO[PH](=O)ONCCNCCN.[NaH]. The second kappa shape index (κ2) is 17.0. The van der Waals surface area contributed by atoms with E-state index < -0.39 is 8.25 Å². The predicted octanol–water partition coefficient (Wildman–Crippen LogP) is 0.00390. The van der Waals surface area contributed by atoms with Gasteiger partial charge in [-0.05, 0) is 6.42 Å². The van der Waals surface area contributed by atoms with Gasteiger partial charge in [-0.3, -0.25) is 4.57 Å². The molecule has 1 unspecified atom stereocenters. The first-order valence-corrected chi connectivity index (χ1v) is 7.01. The molecule has 17 heavy (non-hydrogen) atoms. The Bertz CT molecular complexity index is 178. The molecule has 0 aliphatic rings. The molecule has 0 rings (SSSR count). The van der Waals surface area contributed by atoms with Gasteiger partial charge in [-0.1, -0.05) is 19.8 Å². The summed E-state index contributed by atoms with van der Waals surface area (Å²) in [6.07, 6.45) is 3.14. The van der Waals surface area contributed by atoms with Crippen LogP contribution in [0.4, 0.5) is 0 Å². The summed E-state index contributed by atoms with van der Waals surface area (Å²) in [5.41, 5.74) is 7.88. The molecular weight excluding hydrogens is 252 g/mol. The zero-order valence-electron chi connectivity index (χ0n) is 9.96. The number of hydroxylamine groups is 1. The van der Waals surface area contributed by atoms with E-state index in [-0.39, 0.29) is 29.6 Å². The van der Waals surface area contributed by atoms with Crippen molar-refractivity contribution in [3.05, 3.63) is 0 Å². The Morgan fingerprint density at radius 3 is 2.65 bits per heavy atom. The molecule has 0 heterocycles. The Balaban J connectivity index is 0. The van der Waals surface area contributed by atoms with Gasteiger partial charge in [-0.2, -0.15) is 5.48 Å². The van der Waals surface area contributed by atoms with Crippen LogP contribution in [0.25, 0.3) is 0 Å². The summed E-state index contributed by atoms with van der Waals surface area (Å²) in [4.78, 5) is 0. The third-order valence-electron chi connectivity index (χ3n) is 1.85. The number of hydrogen-bond donors (Lipinski definition) is 3. The molecule has 6 nitrogen and oxygen atoms in total. The van der Waals surface area contributed by atoms with E-state index in [4.69, 9.17) is 14.9 Å². The van der Waals surface area contributed by atoms with Gasteiger partial charge in [0.25, 0.3) is 0 Å². The molecule has 100 valence electrons. The van der Waals surface area contributed by atoms with Crippen molar-refractivity contribution in [2.75, 3.05) is 32.8 Å². The van der Waals surface area contributed by atoms with Crippen molar-refractivity contribution in [2.45, 2.75) is 26.2 Å². The molecule has 8 heteroatoms. The van der Waals surface area contributed by atoms with E-state index in [0.717, 1.165) is 32.4 Å². The van der Waals surface area contributed by atoms with E-state index in [1.807, 2.05) is 0 Å². The van der Waals surface area contributed by atoms with Crippen LogP contribution in [0.3, 0.4) is 0 Å². The first kappa shape index (κ1) is 20.3. The molecule has 0 amide bonds. The molecule has 0 radical (unpaired) electrons. The van der Waals surface area contributed by atoms with Crippen LogP contribution in [0, 0.1) is 0 Å². The van der Waals surface area contributed by atoms with Crippen LogP contribution in [0.15, 0.2) is 0 Å². The third-order valence-corrected chi connectivity index (χ3v) is 2.60. The summed E-state index contributed by atoms with van der Waals surface area (Å²) < 4.78 is 20.9. The van der Waals surface area contributed by atoms with Gasteiger partial charge in [0.1, 0.15) is 0 Å². The summed E-state index contributed by atoms with van der Waals surface area (Å²) in [7, 11) is -2.38. The fraction of sp³-hybridized carbons (Fsp3) is 1.00. The third kappa shape index (κ3) is 17.0. The van der Waals surface area contributed by atoms with Gasteiger partial charge in [-0.15, -0.1) is 0 Å². The summed E-state index contributed by atoms with van der Waals surface area (Å²) in [6.45, 7) is 5.29. The molecule has 0 aromatic carbocycles.